The van der Waals surface area contributed by atoms with E-state index in [9.17, 15) is 4.79 Å². The maximum Gasteiger partial charge on any atom is 0.246 e. The molecule has 1 aliphatic rings. The molecule has 0 radical (unpaired) electrons. The highest BCUT2D eigenvalue weighted by atomic mass is 16.2. The first-order valence-electron chi connectivity index (χ1n) is 7.95. The first-order chi connectivity index (χ1) is 11.7. The molecule has 0 N–H and O–H groups in total. The van der Waals surface area contributed by atoms with Gasteiger partial charge in [0.1, 0.15) is 12.6 Å². The molecular formula is C17H18N6O. The van der Waals surface area contributed by atoms with Crippen LogP contribution in [-0.2, 0) is 24.4 Å². The number of carbonyl (C=O) groups excluding carboxylic acids is 1. The van der Waals surface area contributed by atoms with E-state index in [2.05, 4.69) is 15.3 Å². The Labute approximate surface area is 139 Å². The average molecular weight is 322 g/mol. The second-order valence-corrected chi connectivity index (χ2v) is 5.96. The Balaban J connectivity index is 1.59. The average Bonchev–Trinajstić information content (AvgIpc) is 3.24. The quantitative estimate of drug-likeness (QED) is 0.732. The summed E-state index contributed by atoms with van der Waals surface area (Å²) in [5.41, 5.74) is 1.11. The SMILES string of the molecule is C[C@H]1C(=O)N(Cc2ccccc2)Cc2nnc(Cn3cccn3)n21. The molecule has 1 aliphatic heterocycles. The molecule has 0 unspecified atom stereocenters. The van der Waals surface area contributed by atoms with Crippen LogP contribution < -0.4 is 0 Å². The number of hydrogen-bond acceptors (Lipinski definition) is 4. The third-order valence-corrected chi connectivity index (χ3v) is 4.30. The molecule has 7 heteroatoms. The van der Waals surface area contributed by atoms with Crippen LogP contribution in [0.1, 0.15) is 30.2 Å². The van der Waals surface area contributed by atoms with Gasteiger partial charge in [-0.05, 0) is 18.6 Å². The number of hydrogen-bond donors (Lipinski definition) is 0. The fraction of sp³-hybridized carbons (Fsp3) is 0.294. The maximum absolute atomic E-state index is 12.8. The standard InChI is InChI=1S/C17H18N6O/c1-13-17(24)21(10-14-6-3-2-4-7-14)11-15-19-20-16(23(13)15)12-22-9-5-8-18-22/h2-9,13H,10-12H2,1H3/t13-/m0/s1. The highest BCUT2D eigenvalue weighted by molar-refractivity contribution is 5.81. The van der Waals surface area contributed by atoms with Gasteiger partial charge in [-0.15, -0.1) is 10.2 Å². The van der Waals surface area contributed by atoms with E-state index in [1.54, 1.807) is 10.9 Å². The molecule has 0 spiro atoms. The predicted octanol–water partition coefficient (Wildman–Crippen LogP) is 1.63. The van der Waals surface area contributed by atoms with Crippen LogP contribution in [0.15, 0.2) is 48.8 Å². The maximum atomic E-state index is 12.8. The van der Waals surface area contributed by atoms with Gasteiger partial charge in [0.2, 0.25) is 5.91 Å². The summed E-state index contributed by atoms with van der Waals surface area (Å²) in [6, 6.07) is 11.6. The van der Waals surface area contributed by atoms with Crippen molar-refractivity contribution in [3.05, 3.63) is 66.0 Å². The molecule has 3 aromatic rings. The van der Waals surface area contributed by atoms with Gasteiger partial charge < -0.3 is 4.90 Å². The van der Waals surface area contributed by atoms with Crippen molar-refractivity contribution < 1.29 is 4.79 Å². The highest BCUT2D eigenvalue weighted by Gasteiger charge is 2.33. The Kier molecular flexibility index (Phi) is 3.60. The monoisotopic (exact) mass is 322 g/mol. The Morgan fingerprint density at radius 1 is 1.12 bits per heavy atom. The normalized spacial score (nSPS) is 17.1. The minimum atomic E-state index is -0.307. The summed E-state index contributed by atoms with van der Waals surface area (Å²) in [6.07, 6.45) is 3.60. The molecule has 0 fully saturated rings. The number of benzene rings is 1. The van der Waals surface area contributed by atoms with Gasteiger partial charge in [-0.25, -0.2) is 0 Å². The van der Waals surface area contributed by atoms with Crippen LogP contribution in [0.2, 0.25) is 0 Å². The Morgan fingerprint density at radius 2 is 1.96 bits per heavy atom. The number of fused-ring (bicyclic) bond motifs is 1. The first-order valence-corrected chi connectivity index (χ1v) is 7.95. The molecule has 2 aromatic heterocycles. The van der Waals surface area contributed by atoms with Gasteiger partial charge in [0.05, 0.1) is 6.54 Å². The number of nitrogens with zero attached hydrogens (tertiary/aromatic N) is 6. The van der Waals surface area contributed by atoms with E-state index in [0.29, 0.717) is 19.6 Å². The Hall–Kier alpha value is -2.96. The van der Waals surface area contributed by atoms with E-state index in [1.807, 2.05) is 59.0 Å². The Bertz CT molecular complexity index is 839. The summed E-state index contributed by atoms with van der Waals surface area (Å²) in [7, 11) is 0. The summed E-state index contributed by atoms with van der Waals surface area (Å²) in [4.78, 5) is 14.6. The molecule has 0 bridgehead atoms. The molecule has 24 heavy (non-hydrogen) atoms. The van der Waals surface area contributed by atoms with Crippen molar-refractivity contribution in [3.63, 3.8) is 0 Å². The van der Waals surface area contributed by atoms with Crippen LogP contribution in [0, 0.1) is 0 Å². The summed E-state index contributed by atoms with van der Waals surface area (Å²) >= 11 is 0. The Morgan fingerprint density at radius 3 is 2.71 bits per heavy atom. The number of rotatable bonds is 4. The van der Waals surface area contributed by atoms with Crippen molar-refractivity contribution in [2.45, 2.75) is 32.6 Å². The largest absolute Gasteiger partial charge is 0.329 e. The van der Waals surface area contributed by atoms with Crippen LogP contribution in [0.5, 0.6) is 0 Å². The second kappa shape index (κ2) is 5.92. The van der Waals surface area contributed by atoms with Gasteiger partial charge in [0.15, 0.2) is 11.6 Å². The predicted molar refractivity (Wildman–Crippen MR) is 86.8 cm³/mol. The topological polar surface area (TPSA) is 68.8 Å². The molecule has 4 rings (SSSR count). The van der Waals surface area contributed by atoms with Crippen molar-refractivity contribution in [2.75, 3.05) is 0 Å². The zero-order chi connectivity index (χ0) is 16.5. The molecule has 1 amide bonds. The highest BCUT2D eigenvalue weighted by Crippen LogP contribution is 2.24. The van der Waals surface area contributed by atoms with E-state index < -0.39 is 0 Å². The molecule has 0 saturated heterocycles. The fourth-order valence-corrected chi connectivity index (χ4v) is 3.12. The number of aromatic nitrogens is 5. The zero-order valence-corrected chi connectivity index (χ0v) is 13.4. The van der Waals surface area contributed by atoms with Gasteiger partial charge in [-0.3, -0.25) is 14.0 Å². The summed E-state index contributed by atoms with van der Waals surface area (Å²) in [5, 5.41) is 12.8. The van der Waals surface area contributed by atoms with E-state index in [1.165, 1.54) is 0 Å². The van der Waals surface area contributed by atoms with Crippen molar-refractivity contribution in [2.24, 2.45) is 0 Å². The zero-order valence-electron chi connectivity index (χ0n) is 13.4. The third-order valence-electron chi connectivity index (χ3n) is 4.30. The molecule has 3 heterocycles. The number of amides is 1. The lowest BCUT2D eigenvalue weighted by Gasteiger charge is -2.32. The van der Waals surface area contributed by atoms with Crippen LogP contribution >= 0.6 is 0 Å². The summed E-state index contributed by atoms with van der Waals surface area (Å²) in [6.45, 7) is 3.48. The van der Waals surface area contributed by atoms with Gasteiger partial charge in [0, 0.05) is 18.9 Å². The molecule has 7 nitrogen and oxygen atoms in total. The van der Waals surface area contributed by atoms with E-state index in [4.69, 9.17) is 0 Å². The molecule has 1 aromatic carbocycles. The smallest absolute Gasteiger partial charge is 0.246 e. The van der Waals surface area contributed by atoms with Crippen LogP contribution in [0.4, 0.5) is 0 Å². The lowest BCUT2D eigenvalue weighted by Crippen LogP contribution is -2.41. The second-order valence-electron chi connectivity index (χ2n) is 5.96. The molecule has 0 saturated carbocycles. The molecule has 122 valence electrons. The van der Waals surface area contributed by atoms with Crippen molar-refractivity contribution in [1.29, 1.82) is 0 Å². The molecular weight excluding hydrogens is 304 g/mol. The van der Waals surface area contributed by atoms with Gasteiger partial charge >= 0.3 is 0 Å². The fourth-order valence-electron chi connectivity index (χ4n) is 3.12. The van der Waals surface area contributed by atoms with Crippen molar-refractivity contribution in [1.82, 2.24) is 29.4 Å². The van der Waals surface area contributed by atoms with Crippen LogP contribution in [0.3, 0.4) is 0 Å². The van der Waals surface area contributed by atoms with Crippen LogP contribution in [-0.4, -0.2) is 35.4 Å². The van der Waals surface area contributed by atoms with Crippen molar-refractivity contribution in [3.8, 4) is 0 Å². The minimum Gasteiger partial charge on any atom is -0.329 e. The summed E-state index contributed by atoms with van der Waals surface area (Å²) < 4.78 is 3.72. The van der Waals surface area contributed by atoms with Gasteiger partial charge in [-0.2, -0.15) is 5.10 Å². The van der Waals surface area contributed by atoms with Crippen molar-refractivity contribution >= 4 is 5.91 Å². The van der Waals surface area contributed by atoms with Crippen LogP contribution in [0.25, 0.3) is 0 Å². The molecule has 1 atom stereocenters. The van der Waals surface area contributed by atoms with E-state index in [-0.39, 0.29) is 11.9 Å². The molecule has 0 aliphatic carbocycles. The lowest BCUT2D eigenvalue weighted by atomic mass is 10.1. The van der Waals surface area contributed by atoms with Gasteiger partial charge in [0.25, 0.3) is 0 Å². The minimum absolute atomic E-state index is 0.0906. The third kappa shape index (κ3) is 2.58. The lowest BCUT2D eigenvalue weighted by molar-refractivity contribution is -0.137. The summed E-state index contributed by atoms with van der Waals surface area (Å²) in [5.74, 6) is 1.67. The number of carbonyl (C=O) groups is 1. The first kappa shape index (κ1) is 14.6. The van der Waals surface area contributed by atoms with Gasteiger partial charge in [-0.1, -0.05) is 30.3 Å². The van der Waals surface area contributed by atoms with E-state index >= 15 is 0 Å². The van der Waals surface area contributed by atoms with E-state index in [0.717, 1.165) is 17.2 Å².